The molecule has 3 nitrogen and oxygen atoms in total. The van der Waals surface area contributed by atoms with E-state index in [-0.39, 0.29) is 0 Å². The van der Waals surface area contributed by atoms with Gasteiger partial charge in [0.15, 0.2) is 5.89 Å². The minimum absolute atomic E-state index is 0.451. The van der Waals surface area contributed by atoms with Crippen molar-refractivity contribution in [3.8, 4) is 0 Å². The van der Waals surface area contributed by atoms with Gasteiger partial charge in [0, 0.05) is 6.42 Å². The lowest BCUT2D eigenvalue weighted by Gasteiger charge is -2.02. The average molecular weight is 198 g/mol. The molecule has 0 amide bonds. The van der Waals surface area contributed by atoms with E-state index in [0.29, 0.717) is 6.54 Å². The van der Waals surface area contributed by atoms with Crippen molar-refractivity contribution in [2.75, 3.05) is 11.5 Å². The third-order valence-electron chi connectivity index (χ3n) is 2.29. The van der Waals surface area contributed by atoms with Gasteiger partial charge in [-0.25, -0.2) is 4.98 Å². The van der Waals surface area contributed by atoms with Gasteiger partial charge in [-0.1, -0.05) is 0 Å². The number of nitrogens with zero attached hydrogens (tertiary/aromatic N) is 1. The maximum Gasteiger partial charge on any atom is 0.194 e. The molecule has 2 heterocycles. The number of thioether (sulfide) groups is 1. The molecule has 13 heavy (non-hydrogen) atoms. The molecule has 1 aliphatic rings. The van der Waals surface area contributed by atoms with E-state index in [1.807, 2.05) is 11.8 Å². The van der Waals surface area contributed by atoms with Crippen molar-refractivity contribution < 1.29 is 4.42 Å². The molecule has 0 bridgehead atoms. The van der Waals surface area contributed by atoms with Crippen LogP contribution in [0.25, 0.3) is 0 Å². The van der Waals surface area contributed by atoms with Crippen LogP contribution in [-0.4, -0.2) is 16.5 Å². The quantitative estimate of drug-likeness (QED) is 0.798. The van der Waals surface area contributed by atoms with Gasteiger partial charge in [-0.3, -0.25) is 0 Å². The fourth-order valence-electron chi connectivity index (χ4n) is 1.53. The van der Waals surface area contributed by atoms with Crippen molar-refractivity contribution in [3.63, 3.8) is 0 Å². The Kier molecular flexibility index (Phi) is 2.90. The summed E-state index contributed by atoms with van der Waals surface area (Å²) in [5.74, 6) is 4.94. The number of aromatic nitrogens is 1. The van der Waals surface area contributed by atoms with Crippen molar-refractivity contribution in [2.24, 2.45) is 11.7 Å². The molecule has 1 aliphatic heterocycles. The van der Waals surface area contributed by atoms with Crippen molar-refractivity contribution >= 4 is 11.8 Å². The number of hydrogen-bond acceptors (Lipinski definition) is 4. The third kappa shape index (κ3) is 2.25. The van der Waals surface area contributed by atoms with E-state index < -0.39 is 0 Å². The second kappa shape index (κ2) is 4.15. The first-order valence-electron chi connectivity index (χ1n) is 4.60. The molecule has 0 aromatic carbocycles. The van der Waals surface area contributed by atoms with E-state index in [4.69, 9.17) is 10.2 Å². The summed E-state index contributed by atoms with van der Waals surface area (Å²) in [6.07, 6.45) is 4.01. The Morgan fingerprint density at radius 2 is 2.62 bits per heavy atom. The lowest BCUT2D eigenvalue weighted by molar-refractivity contribution is 0.422. The van der Waals surface area contributed by atoms with E-state index in [9.17, 15) is 0 Å². The van der Waals surface area contributed by atoms with E-state index in [0.717, 1.165) is 24.0 Å². The standard InChI is InChI=1S/C9H14N2OS/c10-4-8-5-11-9(12-8)3-7-1-2-13-6-7/h5,7H,1-4,6,10H2. The van der Waals surface area contributed by atoms with Crippen LogP contribution < -0.4 is 5.73 Å². The van der Waals surface area contributed by atoms with Gasteiger partial charge >= 0.3 is 0 Å². The fourth-order valence-corrected chi connectivity index (χ4v) is 2.81. The molecule has 2 N–H and O–H groups in total. The monoisotopic (exact) mass is 198 g/mol. The normalized spacial score (nSPS) is 22.4. The SMILES string of the molecule is NCc1cnc(CC2CCSC2)o1. The van der Waals surface area contributed by atoms with Crippen LogP contribution in [0.15, 0.2) is 10.6 Å². The molecule has 1 aromatic rings. The summed E-state index contributed by atoms with van der Waals surface area (Å²) >= 11 is 2.02. The lowest BCUT2D eigenvalue weighted by Crippen LogP contribution is -2.02. The van der Waals surface area contributed by atoms with Crippen LogP contribution in [0.5, 0.6) is 0 Å². The zero-order valence-corrected chi connectivity index (χ0v) is 8.35. The molecule has 0 radical (unpaired) electrons. The summed E-state index contributed by atoms with van der Waals surface area (Å²) in [7, 11) is 0. The number of oxazole rings is 1. The molecule has 0 spiro atoms. The summed E-state index contributed by atoms with van der Waals surface area (Å²) < 4.78 is 5.45. The second-order valence-corrected chi connectivity index (χ2v) is 4.51. The molecule has 72 valence electrons. The summed E-state index contributed by atoms with van der Waals surface area (Å²) in [5, 5.41) is 0. The Labute approximate surface area is 82.1 Å². The highest BCUT2D eigenvalue weighted by molar-refractivity contribution is 7.99. The molecule has 2 rings (SSSR count). The molecule has 4 heteroatoms. The van der Waals surface area contributed by atoms with Crippen LogP contribution >= 0.6 is 11.8 Å². The summed E-state index contributed by atoms with van der Waals surface area (Å²) in [6, 6.07) is 0. The van der Waals surface area contributed by atoms with Crippen molar-refractivity contribution in [1.82, 2.24) is 4.98 Å². The molecule has 1 fully saturated rings. The molecule has 0 saturated carbocycles. The Hall–Kier alpha value is -0.480. The third-order valence-corrected chi connectivity index (χ3v) is 3.52. The van der Waals surface area contributed by atoms with Crippen molar-refractivity contribution in [3.05, 3.63) is 17.8 Å². The zero-order chi connectivity index (χ0) is 9.10. The van der Waals surface area contributed by atoms with Crippen LogP contribution in [-0.2, 0) is 13.0 Å². The first-order chi connectivity index (χ1) is 6.38. The van der Waals surface area contributed by atoms with Crippen molar-refractivity contribution in [2.45, 2.75) is 19.4 Å². The van der Waals surface area contributed by atoms with E-state index >= 15 is 0 Å². The van der Waals surface area contributed by atoms with Gasteiger partial charge in [0.1, 0.15) is 5.76 Å². The Bertz CT molecular complexity index is 268. The van der Waals surface area contributed by atoms with Gasteiger partial charge in [-0.05, 0) is 23.8 Å². The second-order valence-electron chi connectivity index (χ2n) is 3.36. The Balaban J connectivity index is 1.92. The zero-order valence-electron chi connectivity index (χ0n) is 7.53. The minimum Gasteiger partial charge on any atom is -0.444 e. The number of hydrogen-bond donors (Lipinski definition) is 1. The largest absolute Gasteiger partial charge is 0.444 e. The number of nitrogens with two attached hydrogens (primary N) is 1. The molecule has 1 unspecified atom stereocenters. The highest BCUT2D eigenvalue weighted by Gasteiger charge is 2.18. The summed E-state index contributed by atoms with van der Waals surface area (Å²) in [6.45, 7) is 0.451. The van der Waals surface area contributed by atoms with Gasteiger partial charge in [0.25, 0.3) is 0 Å². The first kappa shape index (κ1) is 9.09. The van der Waals surface area contributed by atoms with E-state index in [1.165, 1.54) is 17.9 Å². The van der Waals surface area contributed by atoms with Crippen LogP contribution in [0.4, 0.5) is 0 Å². The highest BCUT2D eigenvalue weighted by atomic mass is 32.2. The average Bonchev–Trinajstić information content (AvgIpc) is 2.76. The molecule has 0 aliphatic carbocycles. The van der Waals surface area contributed by atoms with Gasteiger partial charge < -0.3 is 10.2 Å². The van der Waals surface area contributed by atoms with Gasteiger partial charge in [0.05, 0.1) is 12.7 Å². The van der Waals surface area contributed by atoms with E-state index in [1.54, 1.807) is 6.20 Å². The summed E-state index contributed by atoms with van der Waals surface area (Å²) in [5.41, 5.74) is 5.43. The molecular formula is C9H14N2OS. The Morgan fingerprint density at radius 1 is 1.69 bits per heavy atom. The van der Waals surface area contributed by atoms with Gasteiger partial charge in [-0.15, -0.1) is 0 Å². The Morgan fingerprint density at radius 3 is 3.23 bits per heavy atom. The smallest absolute Gasteiger partial charge is 0.194 e. The summed E-state index contributed by atoms with van der Waals surface area (Å²) in [4.78, 5) is 4.19. The lowest BCUT2D eigenvalue weighted by atomic mass is 10.1. The predicted octanol–water partition coefficient (Wildman–Crippen LogP) is 1.43. The number of rotatable bonds is 3. The van der Waals surface area contributed by atoms with Gasteiger partial charge in [-0.2, -0.15) is 11.8 Å². The van der Waals surface area contributed by atoms with Crippen molar-refractivity contribution in [1.29, 1.82) is 0 Å². The molecule has 1 saturated heterocycles. The first-order valence-corrected chi connectivity index (χ1v) is 5.75. The van der Waals surface area contributed by atoms with Gasteiger partial charge in [0.2, 0.25) is 0 Å². The van der Waals surface area contributed by atoms with Crippen LogP contribution in [0, 0.1) is 5.92 Å². The minimum atomic E-state index is 0.451. The predicted molar refractivity (Wildman–Crippen MR) is 53.5 cm³/mol. The van der Waals surface area contributed by atoms with Crippen LogP contribution in [0.2, 0.25) is 0 Å². The van der Waals surface area contributed by atoms with Crippen LogP contribution in [0.1, 0.15) is 18.1 Å². The molecule has 1 atom stereocenters. The topological polar surface area (TPSA) is 52.0 Å². The van der Waals surface area contributed by atoms with Crippen LogP contribution in [0.3, 0.4) is 0 Å². The fraction of sp³-hybridized carbons (Fsp3) is 0.667. The maximum absolute atomic E-state index is 5.45. The molecular weight excluding hydrogens is 184 g/mol. The maximum atomic E-state index is 5.45. The highest BCUT2D eigenvalue weighted by Crippen LogP contribution is 2.26. The molecule has 1 aromatic heterocycles. The van der Waals surface area contributed by atoms with E-state index in [2.05, 4.69) is 4.98 Å².